The van der Waals surface area contributed by atoms with E-state index in [2.05, 4.69) is 4.90 Å². The lowest BCUT2D eigenvalue weighted by Gasteiger charge is -2.36. The summed E-state index contributed by atoms with van der Waals surface area (Å²) in [6.07, 6.45) is 4.62. The first-order valence-electron chi connectivity index (χ1n) is 9.41. The summed E-state index contributed by atoms with van der Waals surface area (Å²) in [4.78, 5) is 28.2. The molecule has 1 fully saturated rings. The normalized spacial score (nSPS) is 19.6. The van der Waals surface area contributed by atoms with Crippen molar-refractivity contribution in [3.63, 3.8) is 0 Å². The van der Waals surface area contributed by atoms with Crippen molar-refractivity contribution in [3.8, 4) is 0 Å². The van der Waals surface area contributed by atoms with E-state index in [1.807, 2.05) is 25.7 Å². The first-order valence-corrected chi connectivity index (χ1v) is 9.41. The topological polar surface area (TPSA) is 60.9 Å². The van der Waals surface area contributed by atoms with E-state index in [9.17, 15) is 14.7 Å². The van der Waals surface area contributed by atoms with Gasteiger partial charge in [-0.2, -0.15) is 0 Å². The summed E-state index contributed by atoms with van der Waals surface area (Å²) >= 11 is 0. The van der Waals surface area contributed by atoms with Gasteiger partial charge in [-0.15, -0.1) is 24.8 Å². The maximum absolute atomic E-state index is 12.5. The Morgan fingerprint density at radius 1 is 1.19 bits per heavy atom. The number of aliphatic carboxylic acids is 1. The third kappa shape index (κ3) is 8.05. The highest BCUT2D eigenvalue weighted by Gasteiger charge is 2.34. The van der Waals surface area contributed by atoms with Crippen LogP contribution in [0.4, 0.5) is 0 Å². The number of likely N-dealkylation sites (tertiary alicyclic amines) is 1. The summed E-state index contributed by atoms with van der Waals surface area (Å²) in [7, 11) is 6.13. The second kappa shape index (κ2) is 13.7. The van der Waals surface area contributed by atoms with Gasteiger partial charge in [0.25, 0.3) is 0 Å². The summed E-state index contributed by atoms with van der Waals surface area (Å²) in [6.45, 7) is 9.83. The van der Waals surface area contributed by atoms with Gasteiger partial charge < -0.3 is 14.9 Å². The number of hydrogen-bond donors (Lipinski definition) is 1. The number of halogens is 2. The van der Waals surface area contributed by atoms with Gasteiger partial charge in [-0.05, 0) is 52.6 Å². The van der Waals surface area contributed by atoms with Crippen molar-refractivity contribution in [2.24, 2.45) is 5.92 Å². The predicted molar refractivity (Wildman–Crippen MR) is 112 cm³/mol. The van der Waals surface area contributed by atoms with Gasteiger partial charge in [0.2, 0.25) is 5.91 Å². The van der Waals surface area contributed by atoms with Gasteiger partial charge in [0.05, 0.1) is 13.8 Å². The van der Waals surface area contributed by atoms with Crippen molar-refractivity contribution in [1.82, 2.24) is 9.80 Å². The van der Waals surface area contributed by atoms with Crippen LogP contribution < -0.4 is 0 Å². The number of hydrogen-bond acceptors (Lipinski definition) is 3. The number of carbonyl (C=O) groups excluding carboxylic acids is 1. The lowest BCUT2D eigenvalue weighted by molar-refractivity contribution is -0.142. The van der Waals surface area contributed by atoms with E-state index in [0.717, 1.165) is 51.9 Å². The minimum atomic E-state index is -1.15. The molecule has 0 bridgehead atoms. The molecule has 1 aliphatic rings. The molecule has 0 aromatic rings. The number of amides is 1. The summed E-state index contributed by atoms with van der Waals surface area (Å²) in [5.74, 6) is -0.650. The Labute approximate surface area is 172 Å². The molecule has 2 radical (unpaired) electrons. The molecule has 1 heterocycles. The molecule has 8 heteroatoms. The van der Waals surface area contributed by atoms with Gasteiger partial charge in [0.1, 0.15) is 0 Å². The van der Waals surface area contributed by atoms with Crippen LogP contribution in [0.3, 0.4) is 0 Å². The first-order chi connectivity index (χ1) is 11.4. The molecule has 1 rings (SSSR count). The number of nitrogens with zero attached hydrogens (tertiary/aromatic N) is 2. The average Bonchev–Trinajstić information content (AvgIpc) is 2.59. The molecular weight excluding hydrogens is 374 g/mol. The SMILES string of the molecule is Cl.Cl.[B]C(CCCC)(CCN1CCCC(C(=O)N(CC)CC)C1)C(=O)O. The van der Waals surface area contributed by atoms with Gasteiger partial charge in [-0.1, -0.05) is 19.8 Å². The lowest BCUT2D eigenvalue weighted by Crippen LogP contribution is -2.45. The van der Waals surface area contributed by atoms with Crippen molar-refractivity contribution in [1.29, 1.82) is 0 Å². The number of rotatable bonds is 10. The van der Waals surface area contributed by atoms with E-state index in [-0.39, 0.29) is 36.6 Å². The predicted octanol–water partition coefficient (Wildman–Crippen LogP) is 3.40. The molecule has 0 spiro atoms. The lowest BCUT2D eigenvalue weighted by atomic mass is 9.63. The molecule has 152 valence electrons. The van der Waals surface area contributed by atoms with E-state index >= 15 is 0 Å². The highest BCUT2D eigenvalue weighted by Crippen LogP contribution is 2.34. The number of carbonyl (C=O) groups is 2. The van der Waals surface area contributed by atoms with Gasteiger partial charge in [0.15, 0.2) is 0 Å². The molecule has 26 heavy (non-hydrogen) atoms. The Balaban J connectivity index is 0. The fourth-order valence-corrected chi connectivity index (χ4v) is 3.44. The van der Waals surface area contributed by atoms with Gasteiger partial charge >= 0.3 is 5.97 Å². The molecule has 5 nitrogen and oxygen atoms in total. The molecule has 1 aliphatic heterocycles. The second-order valence-electron chi connectivity index (χ2n) is 6.97. The van der Waals surface area contributed by atoms with Crippen molar-refractivity contribution in [2.45, 2.75) is 64.6 Å². The number of piperidine rings is 1. The smallest absolute Gasteiger partial charge is 0.300 e. The van der Waals surface area contributed by atoms with E-state index in [1.54, 1.807) is 0 Å². The van der Waals surface area contributed by atoms with Crippen molar-refractivity contribution in [3.05, 3.63) is 0 Å². The molecule has 1 N–H and O–H groups in total. The minimum Gasteiger partial charge on any atom is -0.481 e. The van der Waals surface area contributed by atoms with E-state index in [4.69, 9.17) is 7.85 Å². The minimum absolute atomic E-state index is 0. The second-order valence-corrected chi connectivity index (χ2v) is 6.97. The van der Waals surface area contributed by atoms with Crippen LogP contribution in [-0.4, -0.2) is 67.4 Å². The molecule has 2 atom stereocenters. The van der Waals surface area contributed by atoms with Crippen molar-refractivity contribution >= 4 is 44.5 Å². The van der Waals surface area contributed by atoms with Crippen LogP contribution in [0.5, 0.6) is 0 Å². The Morgan fingerprint density at radius 3 is 2.31 bits per heavy atom. The number of carboxylic acid groups (broad SMARTS) is 1. The average molecular weight is 409 g/mol. The standard InChI is InChI=1S/C18H33BN2O3.2ClH/c1-4-7-10-18(19,17(23)24)11-13-20-12-8-9-15(14-20)16(22)21(5-2)6-3;;/h15H,4-14H2,1-3H3,(H,23,24);2*1H. The summed E-state index contributed by atoms with van der Waals surface area (Å²) in [5.41, 5.74) is 0. The molecule has 1 amide bonds. The molecule has 0 saturated carbocycles. The third-order valence-electron chi connectivity index (χ3n) is 5.21. The summed E-state index contributed by atoms with van der Waals surface area (Å²) in [6, 6.07) is 0. The van der Waals surface area contributed by atoms with Gasteiger partial charge in [0, 0.05) is 24.9 Å². The number of unbranched alkanes of at least 4 members (excludes halogenated alkanes) is 1. The van der Waals surface area contributed by atoms with Gasteiger partial charge in [-0.3, -0.25) is 9.59 Å². The highest BCUT2D eigenvalue weighted by molar-refractivity contribution is 6.26. The van der Waals surface area contributed by atoms with E-state index in [1.165, 1.54) is 0 Å². The fraction of sp³-hybridized carbons (Fsp3) is 0.889. The van der Waals surface area contributed by atoms with Crippen LogP contribution in [0.25, 0.3) is 0 Å². The molecule has 1 saturated heterocycles. The maximum Gasteiger partial charge on any atom is 0.300 e. The van der Waals surface area contributed by atoms with Crippen LogP contribution in [-0.2, 0) is 9.59 Å². The maximum atomic E-state index is 12.5. The Kier molecular flexibility index (Phi) is 14.6. The van der Waals surface area contributed by atoms with Crippen molar-refractivity contribution < 1.29 is 14.7 Å². The molecule has 0 aliphatic carbocycles. The van der Waals surface area contributed by atoms with Gasteiger partial charge in [-0.25, -0.2) is 0 Å². The first kappa shape index (κ1) is 27.8. The van der Waals surface area contributed by atoms with Crippen LogP contribution in [0.2, 0.25) is 5.31 Å². The zero-order valence-corrected chi connectivity index (χ0v) is 18.0. The van der Waals surface area contributed by atoms with E-state index in [0.29, 0.717) is 19.4 Å². The van der Waals surface area contributed by atoms with Crippen LogP contribution in [0.1, 0.15) is 59.3 Å². The monoisotopic (exact) mass is 408 g/mol. The molecular formula is C18H35BCl2N2O3. The Bertz CT molecular complexity index is 425. The van der Waals surface area contributed by atoms with Crippen LogP contribution in [0, 0.1) is 5.92 Å². The quantitative estimate of drug-likeness (QED) is 0.562. The molecule has 2 unspecified atom stereocenters. The zero-order chi connectivity index (χ0) is 18.2. The summed E-state index contributed by atoms with van der Waals surface area (Å²) < 4.78 is 0. The molecule has 0 aromatic carbocycles. The van der Waals surface area contributed by atoms with Crippen LogP contribution in [0.15, 0.2) is 0 Å². The Hall–Kier alpha value is -0.455. The number of carboxylic acids is 1. The molecule has 0 aromatic heterocycles. The fourth-order valence-electron chi connectivity index (χ4n) is 3.44. The highest BCUT2D eigenvalue weighted by atomic mass is 35.5. The third-order valence-corrected chi connectivity index (χ3v) is 5.21. The summed E-state index contributed by atoms with van der Waals surface area (Å²) in [5, 5.41) is 8.31. The van der Waals surface area contributed by atoms with Crippen molar-refractivity contribution in [2.75, 3.05) is 32.7 Å². The Morgan fingerprint density at radius 2 is 1.81 bits per heavy atom. The van der Waals surface area contributed by atoms with Crippen LogP contribution >= 0.6 is 24.8 Å². The zero-order valence-electron chi connectivity index (χ0n) is 16.4. The van der Waals surface area contributed by atoms with E-state index < -0.39 is 11.3 Å². The largest absolute Gasteiger partial charge is 0.481 e.